The zero-order valence-corrected chi connectivity index (χ0v) is 18.4. The fraction of sp³-hybridized carbons (Fsp3) is 0.182. The first-order valence-corrected chi connectivity index (χ1v) is 10.9. The summed E-state index contributed by atoms with van der Waals surface area (Å²) >= 11 is 0.824. The number of imide groups is 1. The maximum Gasteiger partial charge on any atom is 0.293 e. The Bertz CT molecular complexity index is 1210. The second kappa shape index (κ2) is 9.75. The molecule has 2 aromatic rings. The van der Waals surface area contributed by atoms with Crippen molar-refractivity contribution >= 4 is 52.2 Å². The van der Waals surface area contributed by atoms with Gasteiger partial charge in [0.2, 0.25) is 5.91 Å². The molecule has 34 heavy (non-hydrogen) atoms. The van der Waals surface area contributed by atoms with Crippen LogP contribution in [-0.2, 0) is 14.4 Å². The van der Waals surface area contributed by atoms with Crippen molar-refractivity contribution in [1.29, 1.82) is 0 Å². The molecule has 1 fully saturated rings. The van der Waals surface area contributed by atoms with Gasteiger partial charge in [-0.15, -0.1) is 0 Å². The molecule has 4 amide bonds. The summed E-state index contributed by atoms with van der Waals surface area (Å²) in [5.41, 5.74) is 0.667. The van der Waals surface area contributed by atoms with Crippen molar-refractivity contribution in [2.45, 2.75) is 0 Å². The second-order valence-corrected chi connectivity index (χ2v) is 8.26. The zero-order chi connectivity index (χ0) is 24.2. The second-order valence-electron chi connectivity index (χ2n) is 7.27. The van der Waals surface area contributed by atoms with Crippen molar-refractivity contribution in [2.75, 3.05) is 31.1 Å². The predicted molar refractivity (Wildman–Crippen MR) is 123 cm³/mol. The summed E-state index contributed by atoms with van der Waals surface area (Å²) < 4.78 is 5.27. The molecule has 0 atom stereocenters. The molecule has 2 heterocycles. The molecule has 0 saturated carbocycles. The van der Waals surface area contributed by atoms with E-state index in [0.29, 0.717) is 4.91 Å². The molecular formula is C22H18N4O7S. The van der Waals surface area contributed by atoms with Crippen LogP contribution >= 0.6 is 11.8 Å². The predicted octanol–water partition coefficient (Wildman–Crippen LogP) is 2.17. The third-order valence-electron chi connectivity index (χ3n) is 5.03. The van der Waals surface area contributed by atoms with E-state index in [1.165, 1.54) is 18.2 Å². The van der Waals surface area contributed by atoms with Crippen LogP contribution in [-0.4, -0.2) is 59.0 Å². The van der Waals surface area contributed by atoms with E-state index in [4.69, 9.17) is 4.74 Å². The maximum atomic E-state index is 12.6. The van der Waals surface area contributed by atoms with Gasteiger partial charge in [-0.1, -0.05) is 30.3 Å². The van der Waals surface area contributed by atoms with Crippen molar-refractivity contribution in [3.63, 3.8) is 0 Å². The quantitative estimate of drug-likeness (QED) is 0.360. The van der Waals surface area contributed by atoms with Gasteiger partial charge in [0, 0.05) is 25.2 Å². The Morgan fingerprint density at radius 1 is 1.15 bits per heavy atom. The zero-order valence-electron chi connectivity index (χ0n) is 17.6. The lowest BCUT2D eigenvalue weighted by molar-refractivity contribution is -0.384. The van der Waals surface area contributed by atoms with Gasteiger partial charge in [0.1, 0.15) is 12.3 Å². The highest BCUT2D eigenvalue weighted by atomic mass is 32.2. The standard InChI is InChI=1S/C22H18N4O7S/c27-19(12-25-16-11-15(26(31)32)6-7-17(16)33-13-20(25)28)23-8-9-24-21(29)18(34-22(24)30)10-14-4-2-1-3-5-14/h1-7,10-11H,8-9,12-13H2,(H,23,27)/b18-10-. The lowest BCUT2D eigenvalue weighted by Gasteiger charge is -2.28. The molecular weight excluding hydrogens is 464 g/mol. The highest BCUT2D eigenvalue weighted by molar-refractivity contribution is 8.18. The Kier molecular flexibility index (Phi) is 6.59. The molecule has 4 rings (SSSR count). The summed E-state index contributed by atoms with van der Waals surface area (Å²) in [6.45, 7) is -0.758. The largest absolute Gasteiger partial charge is 0.482 e. The van der Waals surface area contributed by atoms with E-state index in [1.54, 1.807) is 6.08 Å². The molecule has 174 valence electrons. The molecule has 11 nitrogen and oxygen atoms in total. The van der Waals surface area contributed by atoms with Gasteiger partial charge in [0.25, 0.3) is 22.7 Å². The minimum atomic E-state index is -0.611. The highest BCUT2D eigenvalue weighted by Crippen LogP contribution is 2.35. The minimum Gasteiger partial charge on any atom is -0.482 e. The normalized spacial score (nSPS) is 16.5. The first-order valence-electron chi connectivity index (χ1n) is 10.1. The van der Waals surface area contributed by atoms with E-state index >= 15 is 0 Å². The van der Waals surface area contributed by atoms with E-state index in [-0.39, 0.29) is 36.8 Å². The Morgan fingerprint density at radius 3 is 2.65 bits per heavy atom. The van der Waals surface area contributed by atoms with E-state index in [0.717, 1.165) is 27.1 Å². The topological polar surface area (TPSA) is 139 Å². The van der Waals surface area contributed by atoms with E-state index in [1.807, 2.05) is 30.3 Å². The number of nitrogens with zero attached hydrogens (tertiary/aromatic N) is 3. The molecule has 2 aliphatic rings. The summed E-state index contributed by atoms with van der Waals surface area (Å²) in [6.07, 6.45) is 1.63. The number of non-ortho nitro benzene ring substituents is 1. The van der Waals surface area contributed by atoms with Crippen LogP contribution in [0.4, 0.5) is 16.2 Å². The Morgan fingerprint density at radius 2 is 1.91 bits per heavy atom. The van der Waals surface area contributed by atoms with Gasteiger partial charge >= 0.3 is 0 Å². The van der Waals surface area contributed by atoms with Crippen molar-refractivity contribution in [3.05, 3.63) is 69.1 Å². The van der Waals surface area contributed by atoms with Crippen LogP contribution in [0, 0.1) is 10.1 Å². The molecule has 1 N–H and O–H groups in total. The number of benzene rings is 2. The lowest BCUT2D eigenvalue weighted by atomic mass is 10.2. The van der Waals surface area contributed by atoms with E-state index in [2.05, 4.69) is 5.32 Å². The van der Waals surface area contributed by atoms with Crippen LogP contribution in [0.2, 0.25) is 0 Å². The molecule has 0 spiro atoms. The van der Waals surface area contributed by atoms with Crippen LogP contribution in [0.15, 0.2) is 53.4 Å². The number of thioether (sulfide) groups is 1. The molecule has 0 radical (unpaired) electrons. The SMILES string of the molecule is O=C(CN1C(=O)COc2ccc([N+](=O)[O-])cc21)NCCN1C(=O)S/C(=C\c2ccccc2)C1=O. The summed E-state index contributed by atoms with van der Waals surface area (Å²) in [6, 6.07) is 12.9. The molecule has 0 aliphatic carbocycles. The van der Waals surface area contributed by atoms with Crippen LogP contribution in [0.3, 0.4) is 0 Å². The number of nitro groups is 1. The molecule has 2 aromatic carbocycles. The van der Waals surface area contributed by atoms with Crippen molar-refractivity contribution in [3.8, 4) is 5.75 Å². The monoisotopic (exact) mass is 482 g/mol. The fourth-order valence-electron chi connectivity index (χ4n) is 3.38. The van der Waals surface area contributed by atoms with Gasteiger partial charge < -0.3 is 10.1 Å². The van der Waals surface area contributed by atoms with Crippen molar-refractivity contribution in [1.82, 2.24) is 10.2 Å². The first-order chi connectivity index (χ1) is 16.3. The van der Waals surface area contributed by atoms with Crippen LogP contribution in [0.5, 0.6) is 5.75 Å². The summed E-state index contributed by atoms with van der Waals surface area (Å²) in [5.74, 6) is -1.28. The molecule has 2 aliphatic heterocycles. The van der Waals surface area contributed by atoms with Gasteiger partial charge in [0.15, 0.2) is 6.61 Å². The van der Waals surface area contributed by atoms with Crippen molar-refractivity contribution < 1.29 is 28.8 Å². The Labute approximate surface area is 197 Å². The van der Waals surface area contributed by atoms with Crippen molar-refractivity contribution in [2.24, 2.45) is 0 Å². The lowest BCUT2D eigenvalue weighted by Crippen LogP contribution is -2.46. The van der Waals surface area contributed by atoms with E-state index < -0.39 is 34.4 Å². The van der Waals surface area contributed by atoms with Crippen LogP contribution < -0.4 is 15.0 Å². The van der Waals surface area contributed by atoms with Crippen LogP contribution in [0.25, 0.3) is 6.08 Å². The number of amides is 4. The fourth-order valence-corrected chi connectivity index (χ4v) is 4.24. The summed E-state index contributed by atoms with van der Waals surface area (Å²) in [7, 11) is 0. The number of rotatable bonds is 7. The van der Waals surface area contributed by atoms with Crippen LogP contribution in [0.1, 0.15) is 5.56 Å². The molecule has 1 saturated heterocycles. The van der Waals surface area contributed by atoms with Gasteiger partial charge in [-0.2, -0.15) is 0 Å². The summed E-state index contributed by atoms with van der Waals surface area (Å²) in [5, 5.41) is 13.2. The number of fused-ring (bicyclic) bond motifs is 1. The highest BCUT2D eigenvalue weighted by Gasteiger charge is 2.35. The molecule has 12 heteroatoms. The van der Waals surface area contributed by atoms with Gasteiger partial charge in [-0.3, -0.25) is 39.1 Å². The number of anilines is 1. The number of nitro benzene ring substituents is 1. The smallest absolute Gasteiger partial charge is 0.293 e. The number of hydrogen-bond donors (Lipinski definition) is 1. The Balaban J connectivity index is 1.35. The third-order valence-corrected chi connectivity index (χ3v) is 5.93. The molecule has 0 bridgehead atoms. The van der Waals surface area contributed by atoms with E-state index in [9.17, 15) is 29.3 Å². The number of hydrogen-bond acceptors (Lipinski definition) is 8. The van der Waals surface area contributed by atoms with Gasteiger partial charge in [-0.05, 0) is 29.5 Å². The average Bonchev–Trinajstić information content (AvgIpc) is 3.08. The number of nitrogens with one attached hydrogen (secondary N) is 1. The van der Waals surface area contributed by atoms with Gasteiger partial charge in [-0.25, -0.2) is 0 Å². The Hall–Kier alpha value is -4.19. The average molecular weight is 482 g/mol. The number of carbonyl (C=O) groups is 4. The first kappa shape index (κ1) is 23.0. The van der Waals surface area contributed by atoms with Gasteiger partial charge in [0.05, 0.1) is 15.5 Å². The molecule has 0 aromatic heterocycles. The minimum absolute atomic E-state index is 0.0180. The maximum absolute atomic E-state index is 12.6. The number of ether oxygens (including phenoxy) is 1. The summed E-state index contributed by atoms with van der Waals surface area (Å²) in [4.78, 5) is 62.4. The third kappa shape index (κ3) is 4.91. The number of carbonyl (C=O) groups excluding carboxylic acids is 4. The molecule has 0 unspecified atom stereocenters.